The van der Waals surface area contributed by atoms with Crippen LogP contribution >= 0.6 is 35.0 Å². The largest absolute Gasteiger partial charge is 0.497 e. The van der Waals surface area contributed by atoms with E-state index in [0.717, 1.165) is 65.3 Å². The molecule has 2 heterocycles. The van der Waals surface area contributed by atoms with Gasteiger partial charge in [0.05, 0.1) is 28.8 Å². The smallest absolute Gasteiger partial charge is 0.303 e. The average molecular weight is 564 g/mol. The minimum absolute atomic E-state index is 0.0486. The van der Waals surface area contributed by atoms with E-state index < -0.39 is 12.1 Å². The molecular weight excluding hydrogens is 531 g/mol. The number of nitrogens with zero attached hydrogens (tertiary/aromatic N) is 2. The van der Waals surface area contributed by atoms with Crippen LogP contribution in [0.4, 0.5) is 0 Å². The molecule has 0 aliphatic carbocycles. The predicted octanol–water partition coefficient (Wildman–Crippen LogP) is 6.57. The van der Waals surface area contributed by atoms with Gasteiger partial charge in [-0.3, -0.25) is 9.78 Å². The lowest BCUT2D eigenvalue weighted by Crippen LogP contribution is -2.42. The topological polar surface area (TPSA) is 82.9 Å². The number of fused-ring (bicyclic) bond motifs is 1. The van der Waals surface area contributed by atoms with Gasteiger partial charge in [0.15, 0.2) is 0 Å². The zero-order valence-corrected chi connectivity index (χ0v) is 23.1. The highest BCUT2D eigenvalue weighted by Gasteiger charge is 2.31. The highest BCUT2D eigenvalue weighted by molar-refractivity contribution is 7.99. The number of hydrogen-bond donors (Lipinski definition) is 2. The Bertz CT molecular complexity index is 1230. The Kier molecular flexibility index (Phi) is 9.96. The van der Waals surface area contributed by atoms with Crippen molar-refractivity contribution in [1.29, 1.82) is 0 Å². The second-order valence-electron chi connectivity index (χ2n) is 9.48. The summed E-state index contributed by atoms with van der Waals surface area (Å²) in [6.45, 7) is 2.51. The number of methoxy groups -OCH3 is 1. The highest BCUT2D eigenvalue weighted by atomic mass is 35.5. The van der Waals surface area contributed by atoms with Crippen LogP contribution in [-0.2, 0) is 4.79 Å². The number of pyridine rings is 1. The maximum absolute atomic E-state index is 11.6. The summed E-state index contributed by atoms with van der Waals surface area (Å²) in [4.78, 5) is 19.3. The van der Waals surface area contributed by atoms with E-state index in [1.165, 1.54) is 0 Å². The summed E-state index contributed by atoms with van der Waals surface area (Å²) in [5.41, 5.74) is 1.64. The van der Waals surface area contributed by atoms with Gasteiger partial charge in [0, 0.05) is 41.7 Å². The molecule has 4 rings (SSSR count). The second-order valence-corrected chi connectivity index (χ2v) is 11.4. The zero-order chi connectivity index (χ0) is 26.4. The zero-order valence-electron chi connectivity index (χ0n) is 20.8. The number of aromatic nitrogens is 1. The third-order valence-corrected chi connectivity index (χ3v) is 9.11. The first-order chi connectivity index (χ1) is 17.9. The van der Waals surface area contributed by atoms with Gasteiger partial charge in [-0.05, 0) is 79.6 Å². The van der Waals surface area contributed by atoms with Crippen molar-refractivity contribution in [1.82, 2.24) is 9.88 Å². The molecule has 6 nitrogen and oxygen atoms in total. The van der Waals surface area contributed by atoms with Crippen LogP contribution in [0.3, 0.4) is 0 Å². The number of carbonyl (C=O) groups is 1. The summed E-state index contributed by atoms with van der Waals surface area (Å²) in [7, 11) is 1.62. The van der Waals surface area contributed by atoms with Gasteiger partial charge < -0.3 is 19.8 Å². The number of hydrogen-bond acceptors (Lipinski definition) is 6. The molecule has 9 heteroatoms. The second kappa shape index (κ2) is 13.2. The van der Waals surface area contributed by atoms with Gasteiger partial charge in [-0.2, -0.15) is 0 Å². The molecule has 1 saturated heterocycles. The molecule has 1 fully saturated rings. The van der Waals surface area contributed by atoms with Gasteiger partial charge in [0.1, 0.15) is 5.75 Å². The minimum Gasteiger partial charge on any atom is -0.497 e. The van der Waals surface area contributed by atoms with Crippen molar-refractivity contribution in [2.75, 3.05) is 32.5 Å². The SMILES string of the molecule is COc1ccc2nccc([C@@H](O)CC[C@@H]3CCN(CCSc4cccc(Cl)c4Cl)C[C@@H]3CC(=O)O)c2c1. The molecular formula is C28H32Cl2N2O4S. The van der Waals surface area contributed by atoms with Gasteiger partial charge in [-0.1, -0.05) is 29.3 Å². The van der Waals surface area contributed by atoms with Crippen molar-refractivity contribution < 1.29 is 19.7 Å². The van der Waals surface area contributed by atoms with E-state index in [0.29, 0.717) is 16.5 Å². The Labute approximate surface area is 231 Å². The molecule has 0 amide bonds. The van der Waals surface area contributed by atoms with Crippen LogP contribution in [0.5, 0.6) is 5.75 Å². The van der Waals surface area contributed by atoms with Gasteiger partial charge in [-0.25, -0.2) is 0 Å². The number of halogens is 2. The number of rotatable bonds is 11. The molecule has 0 bridgehead atoms. The summed E-state index contributed by atoms with van der Waals surface area (Å²) in [6.07, 6.45) is 3.46. The minimum atomic E-state index is -0.773. The summed E-state index contributed by atoms with van der Waals surface area (Å²) >= 11 is 14.1. The monoisotopic (exact) mass is 562 g/mol. The van der Waals surface area contributed by atoms with Crippen LogP contribution in [0.15, 0.2) is 53.6 Å². The van der Waals surface area contributed by atoms with Crippen LogP contribution in [0.25, 0.3) is 10.9 Å². The molecule has 0 saturated carbocycles. The van der Waals surface area contributed by atoms with Crippen LogP contribution in [-0.4, -0.2) is 58.6 Å². The normalized spacial score (nSPS) is 19.1. The maximum atomic E-state index is 11.6. The molecule has 198 valence electrons. The number of carboxylic acids is 1. The number of carboxylic acid groups (broad SMARTS) is 1. The predicted molar refractivity (Wildman–Crippen MR) is 150 cm³/mol. The molecule has 0 spiro atoms. The molecule has 1 aromatic heterocycles. The van der Waals surface area contributed by atoms with E-state index in [1.54, 1.807) is 31.1 Å². The van der Waals surface area contributed by atoms with E-state index >= 15 is 0 Å². The van der Waals surface area contributed by atoms with Gasteiger partial charge in [0.25, 0.3) is 0 Å². The maximum Gasteiger partial charge on any atom is 0.303 e. The lowest BCUT2D eigenvalue weighted by molar-refractivity contribution is -0.139. The summed E-state index contributed by atoms with van der Waals surface area (Å²) < 4.78 is 5.35. The highest BCUT2D eigenvalue weighted by Crippen LogP contribution is 2.36. The fourth-order valence-electron chi connectivity index (χ4n) is 5.17. The van der Waals surface area contributed by atoms with Crippen molar-refractivity contribution in [2.24, 2.45) is 11.8 Å². The van der Waals surface area contributed by atoms with E-state index in [-0.39, 0.29) is 18.3 Å². The lowest BCUT2D eigenvalue weighted by atomic mass is 9.79. The third-order valence-electron chi connectivity index (χ3n) is 7.15. The summed E-state index contributed by atoms with van der Waals surface area (Å²) in [6, 6.07) is 13.1. The molecule has 2 aromatic carbocycles. The van der Waals surface area contributed by atoms with Crippen molar-refractivity contribution in [3.63, 3.8) is 0 Å². The van der Waals surface area contributed by atoms with Crippen molar-refractivity contribution in [3.05, 3.63) is 64.3 Å². The Morgan fingerprint density at radius 2 is 2.08 bits per heavy atom. The first-order valence-corrected chi connectivity index (χ1v) is 14.2. The van der Waals surface area contributed by atoms with E-state index in [9.17, 15) is 15.0 Å². The van der Waals surface area contributed by atoms with Gasteiger partial charge >= 0.3 is 5.97 Å². The van der Waals surface area contributed by atoms with E-state index in [4.69, 9.17) is 27.9 Å². The molecule has 3 atom stereocenters. The number of thioether (sulfide) groups is 1. The first-order valence-electron chi connectivity index (χ1n) is 12.5. The van der Waals surface area contributed by atoms with Gasteiger partial charge in [0.2, 0.25) is 0 Å². The van der Waals surface area contributed by atoms with Crippen molar-refractivity contribution >= 4 is 51.8 Å². The standard InChI is InChI=1S/C28H32Cl2N2O4S/c1-36-20-6-7-24-22(16-20)21(9-11-31-24)25(33)8-5-18-10-12-32(17-19(18)15-27(34)35)13-14-37-26-4-2-3-23(29)28(26)30/h2-4,6-7,9,11,16,18-19,25,33H,5,8,10,12-15,17H2,1H3,(H,34,35)/t18-,19+,25+/m1/s1. The quantitative estimate of drug-likeness (QED) is 0.256. The average Bonchev–Trinajstić information content (AvgIpc) is 2.89. The summed E-state index contributed by atoms with van der Waals surface area (Å²) in [5.74, 6) is 1.09. The van der Waals surface area contributed by atoms with Crippen molar-refractivity contribution in [3.8, 4) is 5.75 Å². The third kappa shape index (κ3) is 7.30. The molecule has 37 heavy (non-hydrogen) atoms. The summed E-state index contributed by atoms with van der Waals surface area (Å²) in [5, 5.41) is 22.6. The molecule has 2 N–H and O–H groups in total. The Morgan fingerprint density at radius 1 is 1.24 bits per heavy atom. The molecule has 1 aliphatic rings. The first kappa shape index (κ1) is 28.0. The van der Waals surface area contributed by atoms with Crippen LogP contribution < -0.4 is 4.74 Å². The van der Waals surface area contributed by atoms with Crippen LogP contribution in [0.2, 0.25) is 10.0 Å². The number of piperidine rings is 1. The number of aliphatic hydroxyl groups is 1. The van der Waals surface area contributed by atoms with Crippen LogP contribution in [0.1, 0.15) is 37.4 Å². The Balaban J connectivity index is 1.35. The molecule has 1 aliphatic heterocycles. The number of aliphatic hydroxyl groups excluding tert-OH is 1. The number of ether oxygens (including phenoxy) is 1. The fraction of sp³-hybridized carbons (Fsp3) is 0.429. The van der Waals surface area contributed by atoms with Gasteiger partial charge in [-0.15, -0.1) is 11.8 Å². The molecule has 3 aromatic rings. The number of benzene rings is 2. The number of likely N-dealkylation sites (tertiary alicyclic amines) is 1. The molecule has 0 radical (unpaired) electrons. The lowest BCUT2D eigenvalue weighted by Gasteiger charge is -2.38. The van der Waals surface area contributed by atoms with Crippen LogP contribution in [0, 0.1) is 11.8 Å². The van der Waals surface area contributed by atoms with Crippen molar-refractivity contribution in [2.45, 2.75) is 36.7 Å². The Morgan fingerprint density at radius 3 is 2.86 bits per heavy atom. The number of aliphatic carboxylic acids is 1. The fourth-order valence-corrected chi connectivity index (χ4v) is 6.67. The van der Waals surface area contributed by atoms with E-state index in [1.807, 2.05) is 36.4 Å². The Hall–Kier alpha value is -2.03. The van der Waals surface area contributed by atoms with E-state index in [2.05, 4.69) is 9.88 Å². The molecule has 0 unspecified atom stereocenters.